The zero-order chi connectivity index (χ0) is 13.0. The molecule has 2 rings (SSSR count). The summed E-state index contributed by atoms with van der Waals surface area (Å²) in [5, 5.41) is 12.8. The van der Waals surface area contributed by atoms with Crippen molar-refractivity contribution in [3.63, 3.8) is 0 Å². The van der Waals surface area contributed by atoms with Gasteiger partial charge in [-0.05, 0) is 11.6 Å². The van der Waals surface area contributed by atoms with Gasteiger partial charge >= 0.3 is 0 Å². The van der Waals surface area contributed by atoms with Gasteiger partial charge in [0.05, 0.1) is 19.2 Å². The number of aliphatic hydroxyl groups excluding tert-OH is 1. The van der Waals surface area contributed by atoms with Crippen molar-refractivity contribution in [1.82, 2.24) is 10.3 Å². The van der Waals surface area contributed by atoms with Gasteiger partial charge in [0.2, 0.25) is 5.56 Å². The van der Waals surface area contributed by atoms with E-state index in [-0.39, 0.29) is 12.2 Å². The molecule has 18 heavy (non-hydrogen) atoms. The molecule has 1 heterocycles. The first-order valence-electron chi connectivity index (χ1n) is 5.76. The quantitative estimate of drug-likeness (QED) is 0.678. The number of rotatable bonds is 5. The molecule has 0 saturated carbocycles. The zero-order valence-corrected chi connectivity index (χ0v) is 10.2. The molecule has 0 spiro atoms. The molecule has 1 aromatic carbocycles. The zero-order valence-electron chi connectivity index (χ0n) is 10.2. The van der Waals surface area contributed by atoms with Crippen molar-refractivity contribution in [1.29, 1.82) is 0 Å². The SMILES string of the molecule is COc1cccc2c(CNCCO)cc(=O)[nH]c12. The van der Waals surface area contributed by atoms with E-state index in [0.29, 0.717) is 24.4 Å². The molecular weight excluding hydrogens is 232 g/mol. The number of aromatic amines is 1. The highest BCUT2D eigenvalue weighted by atomic mass is 16.5. The first kappa shape index (κ1) is 12.6. The topological polar surface area (TPSA) is 74.3 Å². The minimum atomic E-state index is -0.159. The van der Waals surface area contributed by atoms with E-state index >= 15 is 0 Å². The van der Waals surface area contributed by atoms with Crippen LogP contribution in [0.2, 0.25) is 0 Å². The Morgan fingerprint density at radius 2 is 2.28 bits per heavy atom. The predicted molar refractivity (Wildman–Crippen MR) is 69.9 cm³/mol. The Morgan fingerprint density at radius 1 is 1.44 bits per heavy atom. The Bertz CT molecular complexity index is 592. The molecule has 0 aliphatic carbocycles. The fourth-order valence-electron chi connectivity index (χ4n) is 1.94. The van der Waals surface area contributed by atoms with Gasteiger partial charge in [-0.1, -0.05) is 12.1 Å². The van der Waals surface area contributed by atoms with E-state index in [4.69, 9.17) is 9.84 Å². The Labute approximate surface area is 104 Å². The second kappa shape index (κ2) is 5.66. The van der Waals surface area contributed by atoms with Crippen LogP contribution in [-0.2, 0) is 6.54 Å². The summed E-state index contributed by atoms with van der Waals surface area (Å²) in [6.07, 6.45) is 0. The minimum Gasteiger partial charge on any atom is -0.495 e. The number of fused-ring (bicyclic) bond motifs is 1. The maximum atomic E-state index is 11.6. The van der Waals surface area contributed by atoms with Gasteiger partial charge in [-0.15, -0.1) is 0 Å². The number of hydrogen-bond acceptors (Lipinski definition) is 4. The van der Waals surface area contributed by atoms with E-state index < -0.39 is 0 Å². The number of H-pyrrole nitrogens is 1. The van der Waals surface area contributed by atoms with Gasteiger partial charge < -0.3 is 20.1 Å². The molecule has 3 N–H and O–H groups in total. The average molecular weight is 248 g/mol. The Balaban J connectivity index is 2.49. The number of methoxy groups -OCH3 is 1. The van der Waals surface area contributed by atoms with Crippen LogP contribution >= 0.6 is 0 Å². The molecule has 1 aromatic heterocycles. The molecule has 0 aliphatic heterocycles. The predicted octanol–water partition coefficient (Wildman–Crippen LogP) is 0.619. The minimum absolute atomic E-state index is 0.0739. The number of ether oxygens (including phenoxy) is 1. The fraction of sp³-hybridized carbons (Fsp3) is 0.308. The standard InChI is InChI=1S/C13H16N2O3/c1-18-11-4-2-3-10-9(8-14-5-6-16)7-12(17)15-13(10)11/h2-4,7,14,16H,5-6,8H2,1H3,(H,15,17). The molecule has 0 atom stereocenters. The first-order chi connectivity index (χ1) is 8.76. The summed E-state index contributed by atoms with van der Waals surface area (Å²) < 4.78 is 5.23. The van der Waals surface area contributed by atoms with Crippen LogP contribution in [0.25, 0.3) is 10.9 Å². The van der Waals surface area contributed by atoms with Crippen LogP contribution in [-0.4, -0.2) is 30.4 Å². The number of para-hydroxylation sites is 1. The molecule has 96 valence electrons. The number of nitrogens with one attached hydrogen (secondary N) is 2. The summed E-state index contributed by atoms with van der Waals surface area (Å²) in [4.78, 5) is 14.4. The lowest BCUT2D eigenvalue weighted by atomic mass is 10.1. The van der Waals surface area contributed by atoms with Crippen LogP contribution in [0.15, 0.2) is 29.1 Å². The lowest BCUT2D eigenvalue weighted by molar-refractivity contribution is 0.292. The van der Waals surface area contributed by atoms with Crippen LogP contribution in [0, 0.1) is 0 Å². The number of hydrogen-bond donors (Lipinski definition) is 3. The van der Waals surface area contributed by atoms with Crippen molar-refractivity contribution in [3.05, 3.63) is 40.2 Å². The summed E-state index contributed by atoms with van der Waals surface area (Å²) in [6, 6.07) is 7.19. The lowest BCUT2D eigenvalue weighted by Crippen LogP contribution is -2.19. The van der Waals surface area contributed by atoms with Gasteiger partial charge in [-0.2, -0.15) is 0 Å². The van der Waals surface area contributed by atoms with Crippen molar-refractivity contribution < 1.29 is 9.84 Å². The van der Waals surface area contributed by atoms with E-state index in [0.717, 1.165) is 10.9 Å². The van der Waals surface area contributed by atoms with Crippen molar-refractivity contribution >= 4 is 10.9 Å². The highest BCUT2D eigenvalue weighted by Crippen LogP contribution is 2.24. The molecule has 0 aliphatic rings. The van der Waals surface area contributed by atoms with Gasteiger partial charge in [0.15, 0.2) is 0 Å². The van der Waals surface area contributed by atoms with Gasteiger partial charge in [0.25, 0.3) is 0 Å². The highest BCUT2D eigenvalue weighted by molar-refractivity contribution is 5.87. The Kier molecular flexibility index (Phi) is 3.96. The molecule has 5 nitrogen and oxygen atoms in total. The fourth-order valence-corrected chi connectivity index (χ4v) is 1.94. The van der Waals surface area contributed by atoms with Crippen molar-refractivity contribution in [2.75, 3.05) is 20.3 Å². The normalized spacial score (nSPS) is 10.8. The molecule has 0 unspecified atom stereocenters. The Hall–Kier alpha value is -1.85. The van der Waals surface area contributed by atoms with Crippen molar-refractivity contribution in [2.24, 2.45) is 0 Å². The van der Waals surface area contributed by atoms with Gasteiger partial charge in [-0.3, -0.25) is 4.79 Å². The van der Waals surface area contributed by atoms with E-state index in [1.54, 1.807) is 13.2 Å². The number of pyridine rings is 1. The number of aromatic nitrogens is 1. The van der Waals surface area contributed by atoms with Crippen molar-refractivity contribution in [2.45, 2.75) is 6.54 Å². The molecule has 0 radical (unpaired) electrons. The maximum Gasteiger partial charge on any atom is 0.248 e. The van der Waals surface area contributed by atoms with Crippen LogP contribution in [0.4, 0.5) is 0 Å². The Morgan fingerprint density at radius 3 is 3.00 bits per heavy atom. The molecule has 2 aromatic rings. The summed E-state index contributed by atoms with van der Waals surface area (Å²) in [6.45, 7) is 1.11. The van der Waals surface area contributed by atoms with Crippen LogP contribution in [0.3, 0.4) is 0 Å². The average Bonchev–Trinajstić information content (AvgIpc) is 2.38. The third kappa shape index (κ3) is 2.52. The number of benzene rings is 1. The summed E-state index contributed by atoms with van der Waals surface area (Å²) >= 11 is 0. The second-order valence-corrected chi connectivity index (χ2v) is 3.94. The van der Waals surface area contributed by atoms with Gasteiger partial charge in [0.1, 0.15) is 5.75 Å². The third-order valence-corrected chi connectivity index (χ3v) is 2.75. The van der Waals surface area contributed by atoms with E-state index in [1.807, 2.05) is 18.2 Å². The van der Waals surface area contributed by atoms with Crippen LogP contribution in [0.1, 0.15) is 5.56 Å². The summed E-state index contributed by atoms with van der Waals surface area (Å²) in [5.74, 6) is 0.647. The van der Waals surface area contributed by atoms with E-state index in [9.17, 15) is 4.79 Å². The second-order valence-electron chi connectivity index (χ2n) is 3.94. The first-order valence-corrected chi connectivity index (χ1v) is 5.76. The molecule has 0 amide bonds. The molecule has 0 saturated heterocycles. The van der Waals surface area contributed by atoms with Gasteiger partial charge in [0, 0.05) is 24.5 Å². The molecule has 0 bridgehead atoms. The van der Waals surface area contributed by atoms with E-state index in [2.05, 4.69) is 10.3 Å². The number of aliphatic hydroxyl groups is 1. The van der Waals surface area contributed by atoms with Gasteiger partial charge in [-0.25, -0.2) is 0 Å². The monoisotopic (exact) mass is 248 g/mol. The highest BCUT2D eigenvalue weighted by Gasteiger charge is 2.07. The van der Waals surface area contributed by atoms with Crippen molar-refractivity contribution in [3.8, 4) is 5.75 Å². The maximum absolute atomic E-state index is 11.6. The summed E-state index contributed by atoms with van der Waals surface area (Å²) in [7, 11) is 1.57. The largest absolute Gasteiger partial charge is 0.495 e. The van der Waals surface area contributed by atoms with Crippen LogP contribution in [0.5, 0.6) is 5.75 Å². The summed E-state index contributed by atoms with van der Waals surface area (Å²) in [5.41, 5.74) is 1.43. The molecule has 5 heteroatoms. The smallest absolute Gasteiger partial charge is 0.248 e. The van der Waals surface area contributed by atoms with E-state index in [1.165, 1.54) is 0 Å². The third-order valence-electron chi connectivity index (χ3n) is 2.75. The van der Waals surface area contributed by atoms with Crippen LogP contribution < -0.4 is 15.6 Å². The molecule has 0 fully saturated rings. The molecular formula is C13H16N2O3. The lowest BCUT2D eigenvalue weighted by Gasteiger charge is -2.09.